The number of amides is 1. The fourth-order valence-electron chi connectivity index (χ4n) is 1.56. The van der Waals surface area contributed by atoms with Gasteiger partial charge in [0.1, 0.15) is 6.61 Å². The van der Waals surface area contributed by atoms with Gasteiger partial charge in [-0.1, -0.05) is 19.0 Å². The molecule has 0 spiro atoms. The van der Waals surface area contributed by atoms with Crippen molar-refractivity contribution < 1.29 is 14.1 Å². The summed E-state index contributed by atoms with van der Waals surface area (Å²) in [7, 11) is 1.55. The van der Waals surface area contributed by atoms with Gasteiger partial charge in [0.05, 0.1) is 0 Å². The van der Waals surface area contributed by atoms with E-state index in [1.165, 1.54) is 0 Å². The molecule has 1 amide bonds. The molecule has 0 aliphatic carbocycles. The number of halogens is 1. The van der Waals surface area contributed by atoms with Gasteiger partial charge >= 0.3 is 0 Å². The molecule has 102 valence electrons. The molecular formula is C12H19ClN2O3. The van der Waals surface area contributed by atoms with Crippen molar-refractivity contribution in [3.05, 3.63) is 17.5 Å². The predicted molar refractivity (Wildman–Crippen MR) is 68.6 cm³/mol. The molecule has 0 saturated carbocycles. The first-order chi connectivity index (χ1) is 8.58. The van der Waals surface area contributed by atoms with Crippen molar-refractivity contribution in [1.29, 1.82) is 0 Å². The molecule has 1 aromatic rings. The molecule has 0 saturated heterocycles. The molecule has 1 unspecified atom stereocenters. The van der Waals surface area contributed by atoms with E-state index in [9.17, 15) is 4.79 Å². The Morgan fingerprint density at radius 3 is 2.89 bits per heavy atom. The summed E-state index contributed by atoms with van der Waals surface area (Å²) in [4.78, 5) is 11.9. The van der Waals surface area contributed by atoms with E-state index in [4.69, 9.17) is 20.9 Å². The Labute approximate surface area is 112 Å². The number of nitrogens with zero attached hydrogens (tertiary/aromatic N) is 1. The molecule has 0 aromatic carbocycles. The highest BCUT2D eigenvalue weighted by Crippen LogP contribution is 2.10. The molecule has 1 N–H and O–H groups in total. The number of alkyl halides is 1. The van der Waals surface area contributed by atoms with Gasteiger partial charge in [0.15, 0.2) is 11.5 Å². The highest BCUT2D eigenvalue weighted by molar-refractivity contribution is 6.17. The molecule has 1 heterocycles. The fourth-order valence-corrected chi connectivity index (χ4v) is 1.80. The maximum Gasteiger partial charge on any atom is 0.273 e. The first kappa shape index (κ1) is 15.0. The normalized spacial score (nSPS) is 12.7. The third-order valence-electron chi connectivity index (χ3n) is 2.62. The SMILES string of the molecule is COCc1cc(C(=O)NC(CCCl)C(C)C)no1. The third kappa shape index (κ3) is 4.31. The van der Waals surface area contributed by atoms with Gasteiger partial charge < -0.3 is 14.6 Å². The van der Waals surface area contributed by atoms with E-state index in [2.05, 4.69) is 10.5 Å². The molecule has 0 radical (unpaired) electrons. The number of carbonyl (C=O) groups excluding carboxylic acids is 1. The highest BCUT2D eigenvalue weighted by Gasteiger charge is 2.19. The van der Waals surface area contributed by atoms with E-state index in [1.807, 2.05) is 13.8 Å². The second-order valence-corrected chi connectivity index (χ2v) is 4.79. The number of hydrogen-bond donors (Lipinski definition) is 1. The van der Waals surface area contributed by atoms with Crippen molar-refractivity contribution in [2.24, 2.45) is 5.92 Å². The molecule has 1 aromatic heterocycles. The molecule has 6 heteroatoms. The summed E-state index contributed by atoms with van der Waals surface area (Å²) in [6.45, 7) is 4.38. The zero-order valence-corrected chi connectivity index (χ0v) is 11.7. The lowest BCUT2D eigenvalue weighted by atomic mass is 10.0. The maximum absolute atomic E-state index is 11.9. The van der Waals surface area contributed by atoms with Crippen LogP contribution >= 0.6 is 11.6 Å². The number of carbonyl (C=O) groups is 1. The van der Waals surface area contributed by atoms with Crippen LogP contribution in [-0.4, -0.2) is 30.1 Å². The minimum Gasteiger partial charge on any atom is -0.377 e. The number of nitrogens with one attached hydrogen (secondary N) is 1. The van der Waals surface area contributed by atoms with Crippen molar-refractivity contribution in [2.75, 3.05) is 13.0 Å². The minimum atomic E-state index is -0.245. The zero-order chi connectivity index (χ0) is 13.5. The molecule has 18 heavy (non-hydrogen) atoms. The van der Waals surface area contributed by atoms with Crippen molar-refractivity contribution in [3.8, 4) is 0 Å². The summed E-state index contributed by atoms with van der Waals surface area (Å²) in [5, 5.41) is 6.61. The van der Waals surface area contributed by atoms with Crippen LogP contribution in [0.15, 0.2) is 10.6 Å². The first-order valence-corrected chi connectivity index (χ1v) is 6.43. The summed E-state index contributed by atoms with van der Waals surface area (Å²) in [5.74, 6) is 1.11. The quantitative estimate of drug-likeness (QED) is 0.774. The molecule has 1 rings (SSSR count). The van der Waals surface area contributed by atoms with Gasteiger partial charge in [0.2, 0.25) is 0 Å². The van der Waals surface area contributed by atoms with Gasteiger partial charge in [-0.3, -0.25) is 4.79 Å². The summed E-state index contributed by atoms with van der Waals surface area (Å²) < 4.78 is 9.86. The van der Waals surface area contributed by atoms with E-state index in [1.54, 1.807) is 13.2 Å². The van der Waals surface area contributed by atoms with Crippen LogP contribution in [0.25, 0.3) is 0 Å². The van der Waals surface area contributed by atoms with E-state index < -0.39 is 0 Å². The van der Waals surface area contributed by atoms with E-state index in [-0.39, 0.29) is 17.6 Å². The summed E-state index contributed by atoms with van der Waals surface area (Å²) >= 11 is 5.71. The topological polar surface area (TPSA) is 64.4 Å². The molecule has 5 nitrogen and oxygen atoms in total. The van der Waals surface area contributed by atoms with Crippen molar-refractivity contribution >= 4 is 17.5 Å². The summed E-state index contributed by atoms with van der Waals surface area (Å²) in [6, 6.07) is 1.62. The average molecular weight is 275 g/mol. The monoisotopic (exact) mass is 274 g/mol. The first-order valence-electron chi connectivity index (χ1n) is 5.89. The minimum absolute atomic E-state index is 0.0394. The van der Waals surface area contributed by atoms with Crippen LogP contribution in [0.1, 0.15) is 36.5 Å². The Morgan fingerprint density at radius 2 is 2.33 bits per heavy atom. The lowest BCUT2D eigenvalue weighted by molar-refractivity contribution is 0.0915. The molecule has 0 aliphatic rings. The maximum atomic E-state index is 11.9. The Bertz CT molecular complexity index is 379. The summed E-state index contributed by atoms with van der Waals surface area (Å²) in [5.41, 5.74) is 0.266. The lowest BCUT2D eigenvalue weighted by Crippen LogP contribution is -2.39. The Balaban J connectivity index is 2.62. The number of aromatic nitrogens is 1. The van der Waals surface area contributed by atoms with Gasteiger partial charge in [-0.15, -0.1) is 11.6 Å². The molecule has 0 bridgehead atoms. The zero-order valence-electron chi connectivity index (χ0n) is 10.9. The van der Waals surface area contributed by atoms with Gasteiger partial charge in [-0.25, -0.2) is 0 Å². The van der Waals surface area contributed by atoms with Gasteiger partial charge in [0.25, 0.3) is 5.91 Å². The summed E-state index contributed by atoms with van der Waals surface area (Å²) in [6.07, 6.45) is 0.730. The van der Waals surface area contributed by atoms with E-state index >= 15 is 0 Å². The Hall–Kier alpha value is -1.07. The smallest absolute Gasteiger partial charge is 0.273 e. The highest BCUT2D eigenvalue weighted by atomic mass is 35.5. The van der Waals surface area contributed by atoms with Crippen LogP contribution in [0.4, 0.5) is 0 Å². The van der Waals surface area contributed by atoms with Crippen LogP contribution in [0, 0.1) is 5.92 Å². The molecule has 0 fully saturated rings. The van der Waals surface area contributed by atoms with E-state index in [0.29, 0.717) is 24.2 Å². The average Bonchev–Trinajstić information content (AvgIpc) is 2.77. The largest absolute Gasteiger partial charge is 0.377 e. The van der Waals surface area contributed by atoms with Crippen LogP contribution in [0.5, 0.6) is 0 Å². The van der Waals surface area contributed by atoms with Crippen LogP contribution in [0.3, 0.4) is 0 Å². The molecule has 0 aliphatic heterocycles. The van der Waals surface area contributed by atoms with Crippen molar-refractivity contribution in [1.82, 2.24) is 10.5 Å². The van der Waals surface area contributed by atoms with Crippen LogP contribution < -0.4 is 5.32 Å². The fraction of sp³-hybridized carbons (Fsp3) is 0.667. The van der Waals surface area contributed by atoms with Gasteiger partial charge in [-0.2, -0.15) is 0 Å². The van der Waals surface area contributed by atoms with Gasteiger partial charge in [0, 0.05) is 25.1 Å². The predicted octanol–water partition coefficient (Wildman–Crippen LogP) is 2.20. The Morgan fingerprint density at radius 1 is 1.61 bits per heavy atom. The number of methoxy groups -OCH3 is 1. The van der Waals surface area contributed by atoms with Crippen LogP contribution in [0.2, 0.25) is 0 Å². The van der Waals surface area contributed by atoms with Gasteiger partial charge in [-0.05, 0) is 12.3 Å². The number of rotatable bonds is 7. The molecule has 1 atom stereocenters. The third-order valence-corrected chi connectivity index (χ3v) is 2.84. The Kier molecular flexibility index (Phi) is 6.15. The number of ether oxygens (including phenoxy) is 1. The van der Waals surface area contributed by atoms with Crippen LogP contribution in [-0.2, 0) is 11.3 Å². The second kappa shape index (κ2) is 7.38. The molecular weight excluding hydrogens is 256 g/mol. The van der Waals surface area contributed by atoms with Crippen molar-refractivity contribution in [2.45, 2.75) is 32.9 Å². The van der Waals surface area contributed by atoms with E-state index in [0.717, 1.165) is 6.42 Å². The number of hydrogen-bond acceptors (Lipinski definition) is 4. The second-order valence-electron chi connectivity index (χ2n) is 4.41. The lowest BCUT2D eigenvalue weighted by Gasteiger charge is -2.20. The standard InChI is InChI=1S/C12H19ClN2O3/c1-8(2)10(4-5-13)14-12(16)11-6-9(7-17-3)18-15-11/h6,8,10H,4-5,7H2,1-3H3,(H,14,16). The van der Waals surface area contributed by atoms with Crippen molar-refractivity contribution in [3.63, 3.8) is 0 Å².